The molecule has 2 aromatic carbocycles. The quantitative estimate of drug-likeness (QED) is 0.291. The van der Waals surface area contributed by atoms with E-state index in [0.717, 1.165) is 37.6 Å². The molecule has 3 aromatic rings. The first kappa shape index (κ1) is 32.0. The number of ether oxygens (including phenoxy) is 1. The average Bonchev–Trinajstić information content (AvgIpc) is 3.32. The Hall–Kier alpha value is -3.90. The SMILES string of the molecule is CC(=O)c1nc(-c2ccc(C[C@@H](CNC(=O)CN3CCC3)NC(=O)c3ccc(O[C@H](C)C(F)(F)F)c(Cl)c3)cc2)cn1C. The van der Waals surface area contributed by atoms with Crippen molar-refractivity contribution < 1.29 is 32.3 Å². The number of halogens is 4. The van der Waals surface area contributed by atoms with Crippen LogP contribution in [-0.2, 0) is 18.3 Å². The van der Waals surface area contributed by atoms with Gasteiger partial charge in [-0.1, -0.05) is 35.9 Å². The van der Waals surface area contributed by atoms with Crippen LogP contribution in [0.2, 0.25) is 5.02 Å². The molecule has 9 nitrogen and oxygen atoms in total. The number of aryl methyl sites for hydroxylation is 1. The van der Waals surface area contributed by atoms with E-state index in [2.05, 4.69) is 15.6 Å². The lowest BCUT2D eigenvalue weighted by molar-refractivity contribution is -0.189. The van der Waals surface area contributed by atoms with Gasteiger partial charge in [-0.05, 0) is 56.6 Å². The van der Waals surface area contributed by atoms with Gasteiger partial charge < -0.3 is 19.9 Å². The van der Waals surface area contributed by atoms with Gasteiger partial charge in [-0.3, -0.25) is 19.3 Å². The van der Waals surface area contributed by atoms with Crippen LogP contribution in [0.4, 0.5) is 13.2 Å². The molecule has 0 radical (unpaired) electrons. The smallest absolute Gasteiger partial charge is 0.425 e. The number of carbonyl (C=O) groups excluding carboxylic acids is 3. The van der Waals surface area contributed by atoms with Crippen LogP contribution in [0.5, 0.6) is 5.75 Å². The number of ketones is 1. The van der Waals surface area contributed by atoms with E-state index >= 15 is 0 Å². The fourth-order valence-corrected chi connectivity index (χ4v) is 4.73. The number of carbonyl (C=O) groups is 3. The molecule has 43 heavy (non-hydrogen) atoms. The second-order valence-electron chi connectivity index (χ2n) is 10.6. The van der Waals surface area contributed by atoms with E-state index in [4.69, 9.17) is 16.3 Å². The van der Waals surface area contributed by atoms with E-state index in [9.17, 15) is 27.6 Å². The standard InChI is InChI=1S/C30H33ClF3N5O4/c1-18(40)28-37-25(16-38(28)3)21-7-5-20(6-8-21)13-23(15-35-27(41)17-39-11-4-12-39)36-29(42)22-9-10-26(24(31)14-22)43-19(2)30(32,33)34/h5-10,14,16,19,23H,4,11-13,15,17H2,1-3H3,(H,35,41)(H,36,42)/t19-,23+/m1/s1. The Labute approximate surface area is 252 Å². The number of likely N-dealkylation sites (tertiary alicyclic amines) is 1. The zero-order chi connectivity index (χ0) is 31.3. The number of alkyl halides is 3. The van der Waals surface area contributed by atoms with Crippen LogP contribution < -0.4 is 15.4 Å². The molecule has 1 saturated heterocycles. The first-order valence-electron chi connectivity index (χ1n) is 13.8. The Morgan fingerprint density at radius 3 is 2.37 bits per heavy atom. The molecule has 0 saturated carbocycles. The topological polar surface area (TPSA) is 106 Å². The van der Waals surface area contributed by atoms with Crippen molar-refractivity contribution in [2.24, 2.45) is 7.05 Å². The first-order valence-corrected chi connectivity index (χ1v) is 14.1. The molecule has 2 heterocycles. The van der Waals surface area contributed by atoms with Gasteiger partial charge in [0, 0.05) is 37.8 Å². The van der Waals surface area contributed by atoms with Crippen LogP contribution in [-0.4, -0.2) is 76.5 Å². The van der Waals surface area contributed by atoms with Crippen molar-refractivity contribution in [2.45, 2.75) is 45.0 Å². The highest BCUT2D eigenvalue weighted by molar-refractivity contribution is 6.32. The molecule has 0 aliphatic carbocycles. The van der Waals surface area contributed by atoms with E-state index in [1.807, 2.05) is 29.2 Å². The maximum absolute atomic E-state index is 13.1. The molecule has 2 atom stereocenters. The number of aromatic nitrogens is 2. The molecule has 1 aromatic heterocycles. The van der Waals surface area contributed by atoms with Crippen LogP contribution in [0.25, 0.3) is 11.3 Å². The maximum Gasteiger partial charge on any atom is 0.425 e. The predicted molar refractivity (Wildman–Crippen MR) is 155 cm³/mol. The van der Waals surface area contributed by atoms with Gasteiger partial charge in [0.1, 0.15) is 5.75 Å². The van der Waals surface area contributed by atoms with Crippen molar-refractivity contribution in [3.8, 4) is 17.0 Å². The largest absolute Gasteiger partial charge is 0.480 e. The number of nitrogens with one attached hydrogen (secondary N) is 2. The Morgan fingerprint density at radius 1 is 1.12 bits per heavy atom. The minimum Gasteiger partial charge on any atom is -0.480 e. The lowest BCUT2D eigenvalue weighted by Crippen LogP contribution is -2.49. The van der Waals surface area contributed by atoms with E-state index in [-0.39, 0.29) is 41.1 Å². The molecule has 1 aliphatic heterocycles. The molecular weight excluding hydrogens is 587 g/mol. The van der Waals surface area contributed by atoms with Gasteiger partial charge >= 0.3 is 6.18 Å². The Kier molecular flexibility index (Phi) is 10.1. The highest BCUT2D eigenvalue weighted by Gasteiger charge is 2.38. The van der Waals surface area contributed by atoms with Crippen molar-refractivity contribution >= 4 is 29.2 Å². The Balaban J connectivity index is 1.46. The van der Waals surface area contributed by atoms with E-state index < -0.39 is 24.2 Å². The number of benzene rings is 2. The maximum atomic E-state index is 13.1. The Morgan fingerprint density at radius 2 is 1.81 bits per heavy atom. The van der Waals surface area contributed by atoms with Crippen LogP contribution in [0.15, 0.2) is 48.7 Å². The monoisotopic (exact) mass is 619 g/mol. The summed E-state index contributed by atoms with van der Waals surface area (Å²) in [5.41, 5.74) is 2.46. The molecule has 2 amide bonds. The van der Waals surface area contributed by atoms with Gasteiger partial charge in [0.05, 0.1) is 23.3 Å². The van der Waals surface area contributed by atoms with Crippen LogP contribution >= 0.6 is 11.6 Å². The van der Waals surface area contributed by atoms with Crippen molar-refractivity contribution in [3.63, 3.8) is 0 Å². The van der Waals surface area contributed by atoms with Gasteiger partial charge in [-0.2, -0.15) is 13.2 Å². The molecule has 0 bridgehead atoms. The predicted octanol–water partition coefficient (Wildman–Crippen LogP) is 4.44. The molecule has 13 heteroatoms. The summed E-state index contributed by atoms with van der Waals surface area (Å²) in [6, 6.07) is 10.8. The number of hydrogen-bond acceptors (Lipinski definition) is 6. The van der Waals surface area contributed by atoms with Gasteiger partial charge in [0.25, 0.3) is 5.91 Å². The second kappa shape index (κ2) is 13.6. The number of Topliss-reactive ketones (excluding diaryl/α,β-unsaturated/α-hetero) is 1. The molecule has 1 fully saturated rings. The van der Waals surface area contributed by atoms with Gasteiger partial charge in [-0.25, -0.2) is 4.98 Å². The summed E-state index contributed by atoms with van der Waals surface area (Å²) in [7, 11) is 1.75. The average molecular weight is 620 g/mol. The lowest BCUT2D eigenvalue weighted by atomic mass is 10.0. The summed E-state index contributed by atoms with van der Waals surface area (Å²) >= 11 is 6.14. The van der Waals surface area contributed by atoms with E-state index in [1.54, 1.807) is 17.8 Å². The number of hydrogen-bond donors (Lipinski definition) is 2. The molecule has 2 N–H and O–H groups in total. The van der Waals surface area contributed by atoms with E-state index in [0.29, 0.717) is 17.9 Å². The minimum absolute atomic E-state index is 0.126. The van der Waals surface area contributed by atoms with Crippen molar-refractivity contribution in [3.05, 3.63) is 70.6 Å². The zero-order valence-electron chi connectivity index (χ0n) is 24.0. The molecule has 230 valence electrons. The number of amides is 2. The Bertz CT molecular complexity index is 1470. The van der Waals surface area contributed by atoms with Crippen molar-refractivity contribution in [1.29, 1.82) is 0 Å². The normalized spacial score (nSPS) is 14.9. The van der Waals surface area contributed by atoms with Crippen molar-refractivity contribution in [2.75, 3.05) is 26.2 Å². The first-order chi connectivity index (χ1) is 20.3. The van der Waals surface area contributed by atoms with Crippen LogP contribution in [0.1, 0.15) is 46.8 Å². The highest BCUT2D eigenvalue weighted by atomic mass is 35.5. The van der Waals surface area contributed by atoms with Crippen LogP contribution in [0, 0.1) is 0 Å². The molecule has 1 aliphatic rings. The summed E-state index contributed by atoms with van der Waals surface area (Å²) in [6.45, 7) is 4.48. The number of rotatable bonds is 12. The summed E-state index contributed by atoms with van der Waals surface area (Å²) in [5, 5.41) is 5.64. The lowest BCUT2D eigenvalue weighted by Gasteiger charge is -2.30. The number of nitrogens with zero attached hydrogens (tertiary/aromatic N) is 3. The summed E-state index contributed by atoms with van der Waals surface area (Å²) in [6.07, 6.45) is -3.45. The summed E-state index contributed by atoms with van der Waals surface area (Å²) in [5.74, 6) is -0.652. The van der Waals surface area contributed by atoms with Crippen LogP contribution in [0.3, 0.4) is 0 Å². The van der Waals surface area contributed by atoms with Gasteiger partial charge in [0.15, 0.2) is 17.7 Å². The molecule has 0 unspecified atom stereocenters. The zero-order valence-corrected chi connectivity index (χ0v) is 24.8. The third kappa shape index (κ3) is 8.57. The van der Waals surface area contributed by atoms with E-state index in [1.165, 1.54) is 25.1 Å². The van der Waals surface area contributed by atoms with Gasteiger partial charge in [-0.15, -0.1) is 0 Å². The third-order valence-corrected chi connectivity index (χ3v) is 7.37. The summed E-state index contributed by atoms with van der Waals surface area (Å²) in [4.78, 5) is 43.8. The fraction of sp³-hybridized carbons (Fsp3) is 0.400. The molecule has 0 spiro atoms. The minimum atomic E-state index is -4.57. The third-order valence-electron chi connectivity index (χ3n) is 7.08. The molecular formula is C30H33ClF3N5O4. The van der Waals surface area contributed by atoms with Gasteiger partial charge in [0.2, 0.25) is 5.91 Å². The summed E-state index contributed by atoms with van der Waals surface area (Å²) < 4.78 is 45.3. The fourth-order valence-electron chi connectivity index (χ4n) is 4.50. The number of imidazole rings is 1. The highest BCUT2D eigenvalue weighted by Crippen LogP contribution is 2.30. The molecule has 4 rings (SSSR count). The second-order valence-corrected chi connectivity index (χ2v) is 11.0. The van der Waals surface area contributed by atoms with Crippen molar-refractivity contribution in [1.82, 2.24) is 25.1 Å².